The highest BCUT2D eigenvalue weighted by Crippen LogP contribution is 2.15. The molecular formula is C8H12N2O. The maximum absolute atomic E-state index is 9.81. The fourth-order valence-corrected chi connectivity index (χ4v) is 1.13. The molecule has 11 heavy (non-hydrogen) atoms. The van der Waals surface area contributed by atoms with Gasteiger partial charge in [-0.2, -0.15) is 5.10 Å². The molecule has 0 bridgehead atoms. The summed E-state index contributed by atoms with van der Waals surface area (Å²) in [6, 6.07) is 0. The van der Waals surface area contributed by atoms with Crippen molar-refractivity contribution in [2.75, 3.05) is 0 Å². The maximum Gasteiger partial charge on any atom is 0.227 e. The SMILES string of the molecule is O=CN/N=C/C1CC=CCC1. The van der Waals surface area contributed by atoms with Crippen molar-refractivity contribution >= 4 is 12.6 Å². The average molecular weight is 152 g/mol. The van der Waals surface area contributed by atoms with Crippen LogP contribution in [0.5, 0.6) is 0 Å². The highest BCUT2D eigenvalue weighted by atomic mass is 16.1. The minimum absolute atomic E-state index is 0.507. The Bertz CT molecular complexity index is 175. The van der Waals surface area contributed by atoms with E-state index in [1.54, 1.807) is 6.21 Å². The number of nitrogens with zero attached hydrogens (tertiary/aromatic N) is 1. The summed E-state index contributed by atoms with van der Waals surface area (Å²) in [5.41, 5.74) is 2.26. The van der Waals surface area contributed by atoms with Crippen LogP contribution < -0.4 is 5.43 Å². The molecule has 3 heteroatoms. The van der Waals surface area contributed by atoms with Crippen LogP contribution in [0.25, 0.3) is 0 Å². The molecule has 1 rings (SSSR count). The summed E-state index contributed by atoms with van der Waals surface area (Å²) in [6.07, 6.45) is 10.0. The molecule has 0 fully saturated rings. The fraction of sp³-hybridized carbons (Fsp3) is 0.500. The van der Waals surface area contributed by atoms with E-state index in [0.717, 1.165) is 19.3 Å². The summed E-state index contributed by atoms with van der Waals surface area (Å²) in [6.45, 7) is 0. The molecular weight excluding hydrogens is 140 g/mol. The summed E-state index contributed by atoms with van der Waals surface area (Å²) in [4.78, 5) is 9.81. The molecule has 0 aromatic rings. The van der Waals surface area contributed by atoms with Crippen molar-refractivity contribution < 1.29 is 4.79 Å². The van der Waals surface area contributed by atoms with Crippen LogP contribution in [-0.2, 0) is 4.79 Å². The molecule has 1 aliphatic carbocycles. The predicted molar refractivity (Wildman–Crippen MR) is 44.2 cm³/mol. The molecule has 1 unspecified atom stereocenters. The van der Waals surface area contributed by atoms with Gasteiger partial charge in [0.05, 0.1) is 0 Å². The Labute approximate surface area is 66.2 Å². The summed E-state index contributed by atoms with van der Waals surface area (Å²) in [5.74, 6) is 0.507. The zero-order valence-electron chi connectivity index (χ0n) is 6.36. The molecule has 0 heterocycles. The molecule has 1 aliphatic rings. The first-order valence-corrected chi connectivity index (χ1v) is 3.81. The Morgan fingerprint density at radius 3 is 3.09 bits per heavy atom. The second-order valence-electron chi connectivity index (χ2n) is 2.57. The molecule has 0 saturated carbocycles. The third kappa shape index (κ3) is 2.98. The predicted octanol–water partition coefficient (Wildman–Crippen LogP) is 1.07. The number of allylic oxidation sites excluding steroid dienone is 2. The third-order valence-corrected chi connectivity index (χ3v) is 1.72. The van der Waals surface area contributed by atoms with Gasteiger partial charge in [-0.25, -0.2) is 0 Å². The zero-order chi connectivity index (χ0) is 7.94. The van der Waals surface area contributed by atoms with E-state index in [4.69, 9.17) is 0 Å². The molecule has 0 aromatic heterocycles. The Kier molecular flexibility index (Phi) is 3.38. The van der Waals surface area contributed by atoms with Gasteiger partial charge in [-0.1, -0.05) is 12.2 Å². The van der Waals surface area contributed by atoms with Gasteiger partial charge in [0.25, 0.3) is 0 Å². The van der Waals surface area contributed by atoms with Crippen LogP contribution >= 0.6 is 0 Å². The molecule has 1 amide bonds. The van der Waals surface area contributed by atoms with Gasteiger partial charge in [0.15, 0.2) is 0 Å². The van der Waals surface area contributed by atoms with Crippen LogP contribution in [0, 0.1) is 5.92 Å². The van der Waals surface area contributed by atoms with Crippen molar-refractivity contribution in [3.63, 3.8) is 0 Å². The lowest BCUT2D eigenvalue weighted by atomic mass is 9.96. The quantitative estimate of drug-likeness (QED) is 0.279. The van der Waals surface area contributed by atoms with Gasteiger partial charge < -0.3 is 0 Å². The van der Waals surface area contributed by atoms with Gasteiger partial charge >= 0.3 is 0 Å². The van der Waals surface area contributed by atoms with E-state index in [0.29, 0.717) is 12.3 Å². The second kappa shape index (κ2) is 4.66. The van der Waals surface area contributed by atoms with Crippen molar-refractivity contribution in [2.45, 2.75) is 19.3 Å². The molecule has 0 aromatic carbocycles. The maximum atomic E-state index is 9.81. The van der Waals surface area contributed by atoms with E-state index >= 15 is 0 Å². The lowest BCUT2D eigenvalue weighted by molar-refractivity contribution is -0.109. The highest BCUT2D eigenvalue weighted by molar-refractivity contribution is 5.62. The van der Waals surface area contributed by atoms with Crippen LogP contribution in [0.1, 0.15) is 19.3 Å². The van der Waals surface area contributed by atoms with E-state index in [1.165, 1.54) is 0 Å². The molecule has 60 valence electrons. The highest BCUT2D eigenvalue weighted by Gasteiger charge is 2.05. The Balaban J connectivity index is 2.25. The first-order valence-electron chi connectivity index (χ1n) is 3.81. The van der Waals surface area contributed by atoms with Crippen molar-refractivity contribution in [1.82, 2.24) is 5.43 Å². The van der Waals surface area contributed by atoms with Gasteiger partial charge in [0.2, 0.25) is 6.41 Å². The van der Waals surface area contributed by atoms with Crippen LogP contribution in [0.4, 0.5) is 0 Å². The van der Waals surface area contributed by atoms with Crippen molar-refractivity contribution in [3.05, 3.63) is 12.2 Å². The van der Waals surface area contributed by atoms with E-state index in [9.17, 15) is 4.79 Å². The number of carbonyl (C=O) groups is 1. The number of amides is 1. The first-order chi connectivity index (χ1) is 5.43. The van der Waals surface area contributed by atoms with E-state index < -0.39 is 0 Å². The topological polar surface area (TPSA) is 41.5 Å². The molecule has 3 nitrogen and oxygen atoms in total. The summed E-state index contributed by atoms with van der Waals surface area (Å²) < 4.78 is 0. The third-order valence-electron chi connectivity index (χ3n) is 1.72. The average Bonchev–Trinajstić information content (AvgIpc) is 2.07. The molecule has 0 saturated heterocycles. The van der Waals surface area contributed by atoms with Gasteiger partial charge in [-0.15, -0.1) is 0 Å². The molecule has 1 atom stereocenters. The smallest absolute Gasteiger partial charge is 0.227 e. The minimum Gasteiger partial charge on any atom is -0.277 e. The lowest BCUT2D eigenvalue weighted by Gasteiger charge is -2.11. The Hall–Kier alpha value is -1.12. The number of hydrazone groups is 1. The van der Waals surface area contributed by atoms with Gasteiger partial charge in [0, 0.05) is 6.21 Å². The standard InChI is InChI=1S/C8H12N2O/c11-7-10-9-6-8-4-2-1-3-5-8/h1-2,6-8H,3-5H2,(H,10,11)/b9-6+. The Morgan fingerprint density at radius 1 is 1.55 bits per heavy atom. The molecule has 0 radical (unpaired) electrons. The summed E-state index contributed by atoms with van der Waals surface area (Å²) in [7, 11) is 0. The van der Waals surface area contributed by atoms with E-state index in [1.807, 2.05) is 0 Å². The van der Waals surface area contributed by atoms with E-state index in [2.05, 4.69) is 22.7 Å². The van der Waals surface area contributed by atoms with Crippen molar-refractivity contribution in [1.29, 1.82) is 0 Å². The molecule has 1 N–H and O–H groups in total. The van der Waals surface area contributed by atoms with Gasteiger partial charge in [-0.05, 0) is 25.2 Å². The molecule has 0 aliphatic heterocycles. The monoisotopic (exact) mass is 152 g/mol. The number of rotatable bonds is 3. The van der Waals surface area contributed by atoms with Crippen molar-refractivity contribution in [2.24, 2.45) is 11.0 Å². The zero-order valence-corrected chi connectivity index (χ0v) is 6.36. The first kappa shape index (κ1) is 7.98. The summed E-state index contributed by atoms with van der Waals surface area (Å²) >= 11 is 0. The number of hydrogen-bond donors (Lipinski definition) is 1. The normalized spacial score (nSPS) is 23.8. The minimum atomic E-state index is 0.507. The number of hydrogen-bond acceptors (Lipinski definition) is 2. The second-order valence-corrected chi connectivity index (χ2v) is 2.57. The number of carbonyl (C=O) groups excluding carboxylic acids is 1. The van der Waals surface area contributed by atoms with Crippen molar-refractivity contribution in [3.8, 4) is 0 Å². The van der Waals surface area contributed by atoms with E-state index in [-0.39, 0.29) is 0 Å². The van der Waals surface area contributed by atoms with Crippen LogP contribution in [0.2, 0.25) is 0 Å². The van der Waals surface area contributed by atoms with Gasteiger partial charge in [-0.3, -0.25) is 10.2 Å². The fourth-order valence-electron chi connectivity index (χ4n) is 1.13. The largest absolute Gasteiger partial charge is 0.277 e. The summed E-state index contributed by atoms with van der Waals surface area (Å²) in [5, 5.41) is 3.74. The van der Waals surface area contributed by atoms with Crippen LogP contribution in [-0.4, -0.2) is 12.6 Å². The Morgan fingerprint density at radius 2 is 2.45 bits per heavy atom. The van der Waals surface area contributed by atoms with Crippen LogP contribution in [0.15, 0.2) is 17.3 Å². The van der Waals surface area contributed by atoms with Gasteiger partial charge in [0.1, 0.15) is 0 Å². The molecule has 0 spiro atoms. The number of nitrogens with one attached hydrogen (secondary N) is 1. The lowest BCUT2D eigenvalue weighted by Crippen LogP contribution is -2.08. The van der Waals surface area contributed by atoms with Crippen LogP contribution in [0.3, 0.4) is 0 Å².